The van der Waals surface area contributed by atoms with E-state index in [0.29, 0.717) is 34.6 Å². The van der Waals surface area contributed by atoms with Gasteiger partial charge < -0.3 is 10.1 Å². The zero-order valence-electron chi connectivity index (χ0n) is 15.0. The van der Waals surface area contributed by atoms with Crippen LogP contribution in [0.15, 0.2) is 48.5 Å². The maximum atomic E-state index is 12.4. The van der Waals surface area contributed by atoms with Gasteiger partial charge in [0.2, 0.25) is 0 Å². The summed E-state index contributed by atoms with van der Waals surface area (Å²) in [6, 6.07) is 14.3. The molecule has 0 spiro atoms. The van der Waals surface area contributed by atoms with Crippen LogP contribution < -0.4 is 10.1 Å². The quantitative estimate of drug-likeness (QED) is 0.615. The van der Waals surface area contributed by atoms with E-state index >= 15 is 0 Å². The molecule has 5 nitrogen and oxygen atoms in total. The van der Waals surface area contributed by atoms with Gasteiger partial charge in [-0.25, -0.2) is 0 Å². The van der Waals surface area contributed by atoms with Crippen molar-refractivity contribution in [3.8, 4) is 5.75 Å². The van der Waals surface area contributed by atoms with Crippen molar-refractivity contribution < 1.29 is 9.53 Å². The van der Waals surface area contributed by atoms with Crippen LogP contribution in [0.5, 0.6) is 5.75 Å². The topological polar surface area (TPSA) is 56.1 Å². The normalized spacial score (nSPS) is 10.7. The van der Waals surface area contributed by atoms with E-state index in [1.807, 2.05) is 32.0 Å². The molecular weight excluding hydrogens is 385 g/mol. The maximum absolute atomic E-state index is 12.4. The molecule has 0 saturated carbocycles. The van der Waals surface area contributed by atoms with Crippen LogP contribution in [0, 0.1) is 6.92 Å². The predicted octanol–water partition coefficient (Wildman–Crippen LogP) is 5.20. The highest BCUT2D eigenvalue weighted by molar-refractivity contribution is 6.42. The molecule has 0 bridgehead atoms. The maximum Gasteiger partial charge on any atom is 0.256 e. The van der Waals surface area contributed by atoms with Crippen LogP contribution in [0.2, 0.25) is 10.0 Å². The Morgan fingerprint density at radius 3 is 2.52 bits per heavy atom. The van der Waals surface area contributed by atoms with Gasteiger partial charge in [0.15, 0.2) is 5.82 Å². The van der Waals surface area contributed by atoms with Crippen LogP contribution in [0.1, 0.15) is 28.5 Å². The lowest BCUT2D eigenvalue weighted by Crippen LogP contribution is -2.13. The molecule has 1 heterocycles. The standard InChI is InChI=1S/C20H19Cl2N3O2/c1-3-27-16-7-5-15(6-8-16)20(26)23-19-10-13(2)25(24-19)12-14-4-9-17(21)18(22)11-14/h4-11H,3,12H2,1-2H3,(H,23,24,26). The second kappa shape index (κ2) is 8.46. The van der Waals surface area contributed by atoms with E-state index < -0.39 is 0 Å². The van der Waals surface area contributed by atoms with Crippen LogP contribution in [-0.4, -0.2) is 22.3 Å². The number of aromatic nitrogens is 2. The lowest BCUT2D eigenvalue weighted by atomic mass is 10.2. The highest BCUT2D eigenvalue weighted by atomic mass is 35.5. The molecule has 1 aromatic heterocycles. The molecule has 0 aliphatic carbocycles. The van der Waals surface area contributed by atoms with E-state index in [-0.39, 0.29) is 5.91 Å². The van der Waals surface area contributed by atoms with Gasteiger partial charge in [-0.2, -0.15) is 5.10 Å². The number of aryl methyl sites for hydroxylation is 1. The number of nitrogens with one attached hydrogen (secondary N) is 1. The monoisotopic (exact) mass is 403 g/mol. The molecule has 0 atom stereocenters. The third-order valence-electron chi connectivity index (χ3n) is 3.97. The molecule has 0 fully saturated rings. The van der Waals surface area contributed by atoms with Gasteiger partial charge >= 0.3 is 0 Å². The van der Waals surface area contributed by atoms with Crippen molar-refractivity contribution in [2.24, 2.45) is 0 Å². The van der Waals surface area contributed by atoms with Crippen LogP contribution in [0.3, 0.4) is 0 Å². The minimum Gasteiger partial charge on any atom is -0.494 e. The van der Waals surface area contributed by atoms with Crippen molar-refractivity contribution in [2.45, 2.75) is 20.4 Å². The molecule has 140 valence electrons. The summed E-state index contributed by atoms with van der Waals surface area (Å²) >= 11 is 12.0. The molecule has 0 unspecified atom stereocenters. The third-order valence-corrected chi connectivity index (χ3v) is 4.71. The second-order valence-corrected chi connectivity index (χ2v) is 6.80. The minimum absolute atomic E-state index is 0.225. The number of carbonyl (C=O) groups excluding carboxylic acids is 1. The van der Waals surface area contributed by atoms with Crippen molar-refractivity contribution in [2.75, 3.05) is 11.9 Å². The number of ether oxygens (including phenoxy) is 1. The molecule has 27 heavy (non-hydrogen) atoms. The number of nitrogens with zero attached hydrogens (tertiary/aromatic N) is 2. The molecule has 0 radical (unpaired) electrons. The highest BCUT2D eigenvalue weighted by Crippen LogP contribution is 2.23. The summed E-state index contributed by atoms with van der Waals surface area (Å²) in [7, 11) is 0. The summed E-state index contributed by atoms with van der Waals surface area (Å²) in [5.74, 6) is 1.000. The fraction of sp³-hybridized carbons (Fsp3) is 0.200. The van der Waals surface area contributed by atoms with Crippen LogP contribution in [0.25, 0.3) is 0 Å². The third kappa shape index (κ3) is 4.81. The molecule has 1 amide bonds. The van der Waals surface area contributed by atoms with Gasteiger partial charge in [-0.05, 0) is 55.8 Å². The van der Waals surface area contributed by atoms with Crippen molar-refractivity contribution in [1.82, 2.24) is 9.78 Å². The first kappa shape index (κ1) is 19.3. The largest absolute Gasteiger partial charge is 0.494 e. The van der Waals surface area contributed by atoms with Crippen molar-refractivity contribution in [1.29, 1.82) is 0 Å². The summed E-state index contributed by atoms with van der Waals surface area (Å²) in [6.45, 7) is 4.96. The summed E-state index contributed by atoms with van der Waals surface area (Å²) in [5, 5.41) is 8.29. The molecule has 1 N–H and O–H groups in total. The zero-order chi connectivity index (χ0) is 19.4. The van der Waals surface area contributed by atoms with Crippen LogP contribution >= 0.6 is 23.2 Å². The Labute approximate surface area is 167 Å². The lowest BCUT2D eigenvalue weighted by Gasteiger charge is -2.06. The number of hydrogen-bond donors (Lipinski definition) is 1. The van der Waals surface area contributed by atoms with E-state index in [1.165, 1.54) is 0 Å². The van der Waals surface area contributed by atoms with Crippen LogP contribution in [-0.2, 0) is 6.54 Å². The van der Waals surface area contributed by atoms with Gasteiger partial charge in [-0.3, -0.25) is 9.48 Å². The van der Waals surface area contributed by atoms with Gasteiger partial charge in [0.05, 0.1) is 23.2 Å². The Morgan fingerprint density at radius 2 is 1.85 bits per heavy atom. The predicted molar refractivity (Wildman–Crippen MR) is 108 cm³/mol. The minimum atomic E-state index is -0.225. The smallest absolute Gasteiger partial charge is 0.256 e. The van der Waals surface area contributed by atoms with Crippen molar-refractivity contribution in [3.05, 3.63) is 75.4 Å². The average molecular weight is 404 g/mol. The van der Waals surface area contributed by atoms with Crippen LogP contribution in [0.4, 0.5) is 5.82 Å². The highest BCUT2D eigenvalue weighted by Gasteiger charge is 2.11. The summed E-state index contributed by atoms with van der Waals surface area (Å²) < 4.78 is 7.18. The van der Waals surface area contributed by atoms with E-state index in [2.05, 4.69) is 10.4 Å². The summed E-state index contributed by atoms with van der Waals surface area (Å²) in [5.41, 5.74) is 2.43. The number of anilines is 1. The molecule has 7 heteroatoms. The first-order chi connectivity index (χ1) is 13.0. The molecule has 0 aliphatic heterocycles. The fourth-order valence-electron chi connectivity index (χ4n) is 2.60. The number of hydrogen-bond acceptors (Lipinski definition) is 3. The molecule has 0 saturated heterocycles. The average Bonchev–Trinajstić information content (AvgIpc) is 2.98. The number of rotatable bonds is 6. The zero-order valence-corrected chi connectivity index (χ0v) is 16.5. The molecular formula is C20H19Cl2N3O2. The first-order valence-corrected chi connectivity index (χ1v) is 9.24. The Hall–Kier alpha value is -2.50. The first-order valence-electron chi connectivity index (χ1n) is 8.49. The molecule has 2 aromatic carbocycles. The Bertz CT molecular complexity index is 952. The van der Waals surface area contributed by atoms with Gasteiger partial charge in [-0.1, -0.05) is 29.3 Å². The number of amides is 1. The fourth-order valence-corrected chi connectivity index (χ4v) is 2.92. The number of carbonyl (C=O) groups is 1. The SMILES string of the molecule is CCOc1ccc(C(=O)Nc2cc(C)n(Cc3ccc(Cl)c(Cl)c3)n2)cc1. The number of halogens is 2. The number of benzene rings is 2. The Morgan fingerprint density at radius 1 is 1.11 bits per heavy atom. The summed E-state index contributed by atoms with van der Waals surface area (Å²) in [4.78, 5) is 12.4. The second-order valence-electron chi connectivity index (χ2n) is 5.99. The molecule has 3 rings (SSSR count). The van der Waals surface area contributed by atoms with Crippen molar-refractivity contribution >= 4 is 34.9 Å². The van der Waals surface area contributed by atoms with E-state index in [1.54, 1.807) is 35.0 Å². The van der Waals surface area contributed by atoms with Crippen molar-refractivity contribution in [3.63, 3.8) is 0 Å². The molecule has 3 aromatic rings. The Balaban J connectivity index is 1.70. The molecule has 0 aliphatic rings. The van der Waals surface area contributed by atoms with E-state index in [9.17, 15) is 4.79 Å². The van der Waals surface area contributed by atoms with Gasteiger partial charge in [0.1, 0.15) is 5.75 Å². The lowest BCUT2D eigenvalue weighted by molar-refractivity contribution is 0.102. The van der Waals surface area contributed by atoms with E-state index in [0.717, 1.165) is 17.0 Å². The summed E-state index contributed by atoms with van der Waals surface area (Å²) in [6.07, 6.45) is 0. The van der Waals surface area contributed by atoms with Gasteiger partial charge in [-0.15, -0.1) is 0 Å². The van der Waals surface area contributed by atoms with Gasteiger partial charge in [0, 0.05) is 17.3 Å². The Kier molecular flexibility index (Phi) is 6.04. The van der Waals surface area contributed by atoms with E-state index in [4.69, 9.17) is 27.9 Å². The van der Waals surface area contributed by atoms with Gasteiger partial charge in [0.25, 0.3) is 5.91 Å².